The van der Waals surface area contributed by atoms with E-state index in [-0.39, 0.29) is 11.5 Å². The Bertz CT molecular complexity index is 838. The summed E-state index contributed by atoms with van der Waals surface area (Å²) < 4.78 is 4.81. The van der Waals surface area contributed by atoms with Crippen molar-refractivity contribution in [3.8, 4) is 11.1 Å². The van der Waals surface area contributed by atoms with Crippen LogP contribution in [-0.4, -0.2) is 51.1 Å². The molecule has 0 saturated heterocycles. The van der Waals surface area contributed by atoms with Crippen LogP contribution in [-0.2, 0) is 4.74 Å². The van der Waals surface area contributed by atoms with Crippen LogP contribution < -0.4 is 5.32 Å². The molecule has 1 N–H and O–H groups in total. The van der Waals surface area contributed by atoms with E-state index in [9.17, 15) is 9.59 Å². The quantitative estimate of drug-likeness (QED) is 0.552. The predicted octanol–water partition coefficient (Wildman–Crippen LogP) is 4.13. The van der Waals surface area contributed by atoms with Gasteiger partial charge >= 0.3 is 5.97 Å². The zero-order valence-electron chi connectivity index (χ0n) is 15.5. The Hall–Kier alpha value is -2.08. The highest BCUT2D eigenvalue weighted by atomic mass is 35.5. The van der Waals surface area contributed by atoms with E-state index in [1.807, 2.05) is 19.0 Å². The lowest BCUT2D eigenvalue weighted by Gasteiger charge is -2.12. The van der Waals surface area contributed by atoms with Gasteiger partial charge in [0.05, 0.1) is 12.7 Å². The van der Waals surface area contributed by atoms with Gasteiger partial charge in [0.1, 0.15) is 0 Å². The van der Waals surface area contributed by atoms with Crippen molar-refractivity contribution in [2.24, 2.45) is 0 Å². The molecule has 0 saturated carbocycles. The largest absolute Gasteiger partial charge is 0.465 e. The van der Waals surface area contributed by atoms with E-state index >= 15 is 0 Å². The van der Waals surface area contributed by atoms with Crippen LogP contribution in [0.4, 0.5) is 0 Å². The smallest absolute Gasteiger partial charge is 0.337 e. The molecule has 0 bridgehead atoms. The Morgan fingerprint density at radius 1 is 1.07 bits per heavy atom. The number of carbonyl (C=O) groups excluding carboxylic acids is 2. The zero-order valence-corrected chi connectivity index (χ0v) is 17.0. The molecule has 7 heteroatoms. The lowest BCUT2D eigenvalue weighted by molar-refractivity contribution is 0.0601. The molecule has 2 rings (SSSR count). The second-order valence-corrected chi connectivity index (χ2v) is 7.17. The third-order valence-electron chi connectivity index (χ3n) is 3.92. The average molecular weight is 409 g/mol. The van der Waals surface area contributed by atoms with Gasteiger partial charge in [-0.15, -0.1) is 0 Å². The normalized spacial score (nSPS) is 10.7. The molecule has 0 radical (unpaired) electrons. The van der Waals surface area contributed by atoms with E-state index in [1.165, 1.54) is 13.2 Å². The van der Waals surface area contributed by atoms with Crippen LogP contribution in [0.15, 0.2) is 36.4 Å². The Morgan fingerprint density at radius 3 is 2.44 bits per heavy atom. The number of rotatable bonds is 7. The van der Waals surface area contributed by atoms with Gasteiger partial charge < -0.3 is 15.0 Å². The lowest BCUT2D eigenvalue weighted by Crippen LogP contribution is -2.27. The molecule has 0 spiro atoms. The molecule has 0 aromatic heterocycles. The van der Waals surface area contributed by atoms with E-state index in [0.717, 1.165) is 13.0 Å². The summed E-state index contributed by atoms with van der Waals surface area (Å²) in [6.45, 7) is 1.40. The highest BCUT2D eigenvalue weighted by Crippen LogP contribution is 2.32. The topological polar surface area (TPSA) is 58.6 Å². The first-order valence-electron chi connectivity index (χ1n) is 8.43. The summed E-state index contributed by atoms with van der Waals surface area (Å²) in [7, 11) is 5.24. The number of methoxy groups -OCH3 is 1. The van der Waals surface area contributed by atoms with Gasteiger partial charge in [0.25, 0.3) is 5.91 Å². The fourth-order valence-corrected chi connectivity index (χ4v) is 2.97. The molecule has 0 aliphatic heterocycles. The molecule has 2 aromatic carbocycles. The molecule has 0 heterocycles. The van der Waals surface area contributed by atoms with Crippen molar-refractivity contribution < 1.29 is 14.3 Å². The van der Waals surface area contributed by atoms with Crippen LogP contribution in [0.3, 0.4) is 0 Å². The number of carbonyl (C=O) groups is 2. The summed E-state index contributed by atoms with van der Waals surface area (Å²) in [6, 6.07) is 9.87. The number of amides is 1. The summed E-state index contributed by atoms with van der Waals surface area (Å²) in [5, 5.41) is 3.84. The van der Waals surface area contributed by atoms with Gasteiger partial charge in [-0.05, 0) is 69.0 Å². The molecule has 0 aliphatic rings. The molecular formula is C20H22Cl2N2O3. The Balaban J connectivity index is 2.35. The fraction of sp³-hybridized carbons (Fsp3) is 0.300. The SMILES string of the molecule is COC(=O)c1cc(C(=O)NCCCN(C)C)cc(-c2cc(Cl)ccc2Cl)c1. The minimum absolute atomic E-state index is 0.265. The van der Waals surface area contributed by atoms with Crippen LogP contribution in [0.5, 0.6) is 0 Å². The molecule has 2 aromatic rings. The number of hydrogen-bond donors (Lipinski definition) is 1. The molecule has 144 valence electrons. The van der Waals surface area contributed by atoms with Gasteiger partial charge in [0, 0.05) is 27.7 Å². The van der Waals surface area contributed by atoms with E-state index in [4.69, 9.17) is 27.9 Å². The standard InChI is InChI=1S/C20H22Cl2N2O3/c1-24(2)8-4-7-23-19(25)14-9-13(10-15(11-14)20(26)27-3)17-12-16(21)5-6-18(17)22/h5-6,9-12H,4,7-8H2,1-3H3,(H,23,25). The first kappa shape index (κ1) is 21.2. The third-order valence-corrected chi connectivity index (χ3v) is 4.49. The van der Waals surface area contributed by atoms with Gasteiger partial charge in [-0.2, -0.15) is 0 Å². The third kappa shape index (κ3) is 5.96. The van der Waals surface area contributed by atoms with E-state index in [0.29, 0.717) is 33.3 Å². The summed E-state index contributed by atoms with van der Waals surface area (Å²) in [5.74, 6) is -0.796. The number of hydrogen-bond acceptors (Lipinski definition) is 4. The maximum atomic E-state index is 12.6. The zero-order chi connectivity index (χ0) is 20.0. The van der Waals surface area contributed by atoms with Crippen LogP contribution in [0.1, 0.15) is 27.1 Å². The van der Waals surface area contributed by atoms with Crippen molar-refractivity contribution in [2.45, 2.75) is 6.42 Å². The van der Waals surface area contributed by atoms with Crippen molar-refractivity contribution >= 4 is 35.1 Å². The number of benzene rings is 2. The molecule has 27 heavy (non-hydrogen) atoms. The van der Waals surface area contributed by atoms with Gasteiger partial charge in [-0.25, -0.2) is 4.79 Å². The van der Waals surface area contributed by atoms with Gasteiger partial charge in [-0.3, -0.25) is 4.79 Å². The number of halogens is 2. The van der Waals surface area contributed by atoms with Crippen molar-refractivity contribution in [1.29, 1.82) is 0 Å². The first-order valence-corrected chi connectivity index (χ1v) is 9.19. The van der Waals surface area contributed by atoms with Crippen molar-refractivity contribution in [2.75, 3.05) is 34.3 Å². The second-order valence-electron chi connectivity index (χ2n) is 6.33. The summed E-state index contributed by atoms with van der Waals surface area (Å²) in [6.07, 6.45) is 0.822. The second kappa shape index (κ2) is 9.74. The molecule has 1 amide bonds. The highest BCUT2D eigenvalue weighted by Gasteiger charge is 2.15. The number of nitrogens with zero attached hydrogens (tertiary/aromatic N) is 1. The first-order chi connectivity index (χ1) is 12.8. The van der Waals surface area contributed by atoms with E-state index < -0.39 is 5.97 Å². The highest BCUT2D eigenvalue weighted by molar-refractivity contribution is 6.35. The molecule has 0 aliphatic carbocycles. The lowest BCUT2D eigenvalue weighted by atomic mass is 9.99. The maximum Gasteiger partial charge on any atom is 0.337 e. The predicted molar refractivity (Wildman–Crippen MR) is 109 cm³/mol. The Labute approximate surface area is 169 Å². The number of esters is 1. The van der Waals surface area contributed by atoms with E-state index in [2.05, 4.69) is 5.32 Å². The van der Waals surface area contributed by atoms with E-state index in [1.54, 1.807) is 30.3 Å². The minimum Gasteiger partial charge on any atom is -0.465 e. The molecule has 5 nitrogen and oxygen atoms in total. The Kier molecular flexibility index (Phi) is 7.66. The summed E-state index contributed by atoms with van der Waals surface area (Å²) >= 11 is 12.4. The monoisotopic (exact) mass is 408 g/mol. The van der Waals surface area contributed by atoms with Crippen LogP contribution in [0, 0.1) is 0 Å². The summed E-state index contributed by atoms with van der Waals surface area (Å²) in [4.78, 5) is 26.6. The van der Waals surface area contributed by atoms with Crippen molar-refractivity contribution in [3.05, 3.63) is 57.6 Å². The van der Waals surface area contributed by atoms with Crippen LogP contribution in [0.25, 0.3) is 11.1 Å². The molecule has 0 fully saturated rings. The minimum atomic E-state index is -0.531. The number of ether oxygens (including phenoxy) is 1. The summed E-state index contributed by atoms with van der Waals surface area (Å²) in [5.41, 5.74) is 1.87. The molecule has 0 unspecified atom stereocenters. The van der Waals surface area contributed by atoms with Crippen LogP contribution in [0.2, 0.25) is 10.0 Å². The number of nitrogens with one attached hydrogen (secondary N) is 1. The average Bonchev–Trinajstić information content (AvgIpc) is 2.65. The molecular weight excluding hydrogens is 387 g/mol. The van der Waals surface area contributed by atoms with Gasteiger partial charge in [0.2, 0.25) is 0 Å². The van der Waals surface area contributed by atoms with Crippen molar-refractivity contribution in [3.63, 3.8) is 0 Å². The molecule has 0 atom stereocenters. The van der Waals surface area contributed by atoms with Crippen molar-refractivity contribution in [1.82, 2.24) is 10.2 Å². The van der Waals surface area contributed by atoms with Gasteiger partial charge in [-0.1, -0.05) is 23.2 Å². The fourth-order valence-electron chi connectivity index (χ4n) is 2.57. The maximum absolute atomic E-state index is 12.6. The van der Waals surface area contributed by atoms with Gasteiger partial charge in [0.15, 0.2) is 0 Å². The van der Waals surface area contributed by atoms with Crippen LogP contribution >= 0.6 is 23.2 Å². The Morgan fingerprint density at radius 2 is 1.78 bits per heavy atom.